The zero-order chi connectivity index (χ0) is 40.3. The average Bonchev–Trinajstić information content (AvgIpc) is 3.88. The minimum Gasteiger partial charge on any atom is -0.456 e. The van der Waals surface area contributed by atoms with Crippen LogP contribution in [0.4, 0.5) is 17.1 Å². The molecule has 0 radical (unpaired) electrons. The van der Waals surface area contributed by atoms with Crippen molar-refractivity contribution in [1.82, 2.24) is 4.57 Å². The average molecular weight is 779 g/mol. The van der Waals surface area contributed by atoms with Gasteiger partial charge in [0.15, 0.2) is 0 Å². The number of nitrogens with zero attached hydrogens (tertiary/aromatic N) is 2. The van der Waals surface area contributed by atoms with Gasteiger partial charge in [0.05, 0.1) is 16.7 Å². The van der Waals surface area contributed by atoms with Crippen LogP contribution in [-0.2, 0) is 0 Å². The highest BCUT2D eigenvalue weighted by Gasteiger charge is 2.19. The van der Waals surface area contributed by atoms with E-state index in [0.29, 0.717) is 0 Å². The quantitative estimate of drug-likeness (QED) is 0.161. The van der Waals surface area contributed by atoms with E-state index in [1.54, 1.807) is 0 Å². The maximum atomic E-state index is 6.24. The molecule has 0 spiro atoms. The molecule has 2 heterocycles. The van der Waals surface area contributed by atoms with Crippen molar-refractivity contribution < 1.29 is 4.42 Å². The van der Waals surface area contributed by atoms with Crippen molar-refractivity contribution in [3.8, 4) is 39.1 Å². The van der Waals surface area contributed by atoms with Crippen LogP contribution in [0.5, 0.6) is 0 Å². The largest absolute Gasteiger partial charge is 0.456 e. The van der Waals surface area contributed by atoms with E-state index in [4.69, 9.17) is 4.42 Å². The number of benzene rings is 10. The van der Waals surface area contributed by atoms with Crippen molar-refractivity contribution in [3.63, 3.8) is 0 Å². The Morgan fingerprint density at radius 1 is 0.344 bits per heavy atom. The van der Waals surface area contributed by atoms with Crippen LogP contribution >= 0.6 is 0 Å². The third-order valence-corrected chi connectivity index (χ3v) is 12.2. The molecule has 0 saturated carbocycles. The van der Waals surface area contributed by atoms with E-state index in [0.717, 1.165) is 50.3 Å². The molecular formula is C58H38N2O. The summed E-state index contributed by atoms with van der Waals surface area (Å²) in [6.07, 6.45) is 0. The van der Waals surface area contributed by atoms with E-state index in [1.807, 2.05) is 12.1 Å². The third kappa shape index (κ3) is 5.90. The first-order valence-electron chi connectivity index (χ1n) is 20.8. The number of aromatic nitrogens is 1. The highest BCUT2D eigenvalue weighted by molar-refractivity contribution is 6.13. The minimum atomic E-state index is 0.906. The zero-order valence-corrected chi connectivity index (χ0v) is 33.2. The van der Waals surface area contributed by atoms with Gasteiger partial charge < -0.3 is 13.9 Å². The molecule has 0 bridgehead atoms. The molecule has 61 heavy (non-hydrogen) atoms. The fourth-order valence-electron chi connectivity index (χ4n) is 9.34. The number of hydrogen-bond donors (Lipinski definition) is 0. The molecule has 0 N–H and O–H groups in total. The van der Waals surface area contributed by atoms with Crippen molar-refractivity contribution in [2.75, 3.05) is 4.90 Å². The first-order chi connectivity index (χ1) is 30.2. The number of para-hydroxylation sites is 4. The van der Waals surface area contributed by atoms with Gasteiger partial charge in [-0.25, -0.2) is 0 Å². The maximum absolute atomic E-state index is 6.24. The molecule has 0 saturated heterocycles. The van der Waals surface area contributed by atoms with Crippen LogP contribution in [0.1, 0.15) is 0 Å². The Hall–Kier alpha value is -8.14. The van der Waals surface area contributed by atoms with E-state index in [9.17, 15) is 0 Å². The second-order valence-corrected chi connectivity index (χ2v) is 15.7. The Kier molecular flexibility index (Phi) is 8.17. The van der Waals surface area contributed by atoms with Gasteiger partial charge in [0, 0.05) is 44.2 Å². The molecule has 0 fully saturated rings. The van der Waals surface area contributed by atoms with Crippen molar-refractivity contribution in [2.45, 2.75) is 0 Å². The first kappa shape index (κ1) is 34.9. The van der Waals surface area contributed by atoms with Crippen molar-refractivity contribution in [1.29, 1.82) is 0 Å². The fourth-order valence-corrected chi connectivity index (χ4v) is 9.34. The molecule has 0 aliphatic carbocycles. The van der Waals surface area contributed by atoms with Crippen LogP contribution in [0, 0.1) is 0 Å². The summed E-state index contributed by atoms with van der Waals surface area (Å²) in [4.78, 5) is 2.40. The molecule has 3 heteroatoms. The molecule has 0 amide bonds. The van der Waals surface area contributed by atoms with Gasteiger partial charge in [0.2, 0.25) is 0 Å². The summed E-state index contributed by atoms with van der Waals surface area (Å²) in [7, 11) is 0. The molecular weight excluding hydrogens is 741 g/mol. The van der Waals surface area contributed by atoms with Gasteiger partial charge in [-0.1, -0.05) is 158 Å². The molecule has 0 atom stereocenters. The Morgan fingerprint density at radius 3 is 1.75 bits per heavy atom. The van der Waals surface area contributed by atoms with Crippen molar-refractivity contribution in [2.24, 2.45) is 0 Å². The number of rotatable bonds is 7. The Labute approximate surface area is 353 Å². The van der Waals surface area contributed by atoms with Crippen LogP contribution in [-0.4, -0.2) is 4.57 Å². The van der Waals surface area contributed by atoms with Gasteiger partial charge in [-0.05, 0) is 111 Å². The van der Waals surface area contributed by atoms with Crippen LogP contribution in [0.25, 0.3) is 93.6 Å². The molecule has 0 unspecified atom stereocenters. The van der Waals surface area contributed by atoms with Gasteiger partial charge in [0.25, 0.3) is 0 Å². The Balaban J connectivity index is 0.958. The van der Waals surface area contributed by atoms with E-state index < -0.39 is 0 Å². The van der Waals surface area contributed by atoms with E-state index in [2.05, 4.69) is 228 Å². The second kappa shape index (κ2) is 14.3. The standard InChI is InChI=1S/C58H38N2O/c1-2-14-40(15-3-1)48-18-4-8-23-53(48)59(47-35-32-42-36-44(29-28-43(42)38-47)49-22-13-27-57-58(49)52-21-7-11-26-56(52)61-57)45-33-30-39(31-34-45)41-16-12-17-46(37-41)60-54-24-9-5-19-50(54)51-20-6-10-25-55(51)60/h1-38H. The lowest BCUT2D eigenvalue weighted by Gasteiger charge is -2.28. The third-order valence-electron chi connectivity index (χ3n) is 12.2. The Bertz CT molecular complexity index is 3540. The highest BCUT2D eigenvalue weighted by atomic mass is 16.3. The van der Waals surface area contributed by atoms with Gasteiger partial charge in [-0.15, -0.1) is 0 Å². The smallest absolute Gasteiger partial charge is 0.136 e. The van der Waals surface area contributed by atoms with E-state index in [1.165, 1.54) is 60.4 Å². The second-order valence-electron chi connectivity index (χ2n) is 15.7. The maximum Gasteiger partial charge on any atom is 0.136 e. The fraction of sp³-hybridized carbons (Fsp3) is 0. The molecule has 3 nitrogen and oxygen atoms in total. The summed E-state index contributed by atoms with van der Waals surface area (Å²) in [5, 5.41) is 7.17. The van der Waals surface area contributed by atoms with Gasteiger partial charge in [-0.2, -0.15) is 0 Å². The first-order valence-corrected chi connectivity index (χ1v) is 20.8. The number of anilines is 3. The summed E-state index contributed by atoms with van der Waals surface area (Å²) < 4.78 is 8.63. The summed E-state index contributed by atoms with van der Waals surface area (Å²) in [6, 6.07) is 83.0. The van der Waals surface area contributed by atoms with E-state index in [-0.39, 0.29) is 0 Å². The highest BCUT2D eigenvalue weighted by Crippen LogP contribution is 2.43. The number of hydrogen-bond acceptors (Lipinski definition) is 2. The predicted molar refractivity (Wildman–Crippen MR) is 257 cm³/mol. The van der Waals surface area contributed by atoms with Gasteiger partial charge in [0.1, 0.15) is 11.2 Å². The van der Waals surface area contributed by atoms with Crippen molar-refractivity contribution >= 4 is 71.6 Å². The zero-order valence-electron chi connectivity index (χ0n) is 33.2. The van der Waals surface area contributed by atoms with Gasteiger partial charge >= 0.3 is 0 Å². The van der Waals surface area contributed by atoms with Crippen LogP contribution in [0.15, 0.2) is 235 Å². The number of furan rings is 1. The lowest BCUT2D eigenvalue weighted by atomic mass is 9.96. The summed E-state index contributed by atoms with van der Waals surface area (Å²) >= 11 is 0. The lowest BCUT2D eigenvalue weighted by Crippen LogP contribution is -2.11. The van der Waals surface area contributed by atoms with Gasteiger partial charge in [-0.3, -0.25) is 0 Å². The van der Waals surface area contributed by atoms with Crippen LogP contribution in [0.2, 0.25) is 0 Å². The van der Waals surface area contributed by atoms with Crippen molar-refractivity contribution in [3.05, 3.63) is 231 Å². The van der Waals surface area contributed by atoms with E-state index >= 15 is 0 Å². The SMILES string of the molecule is c1ccc(-c2ccccc2N(c2ccc(-c3cccc(-n4c5ccccc5c5ccccc54)c3)cc2)c2ccc3cc(-c4cccc5oc6ccccc6c45)ccc3c2)cc1. The summed E-state index contributed by atoms with van der Waals surface area (Å²) in [5.41, 5.74) is 15.7. The topological polar surface area (TPSA) is 21.3 Å². The van der Waals surface area contributed by atoms with Crippen LogP contribution < -0.4 is 4.90 Å². The molecule has 12 rings (SSSR count). The molecule has 0 aliphatic heterocycles. The summed E-state index contributed by atoms with van der Waals surface area (Å²) in [6.45, 7) is 0. The molecule has 12 aromatic rings. The summed E-state index contributed by atoms with van der Waals surface area (Å²) in [5.74, 6) is 0. The molecule has 2 aromatic heterocycles. The Morgan fingerprint density at radius 2 is 0.934 bits per heavy atom. The van der Waals surface area contributed by atoms with Crippen LogP contribution in [0.3, 0.4) is 0 Å². The monoisotopic (exact) mass is 778 g/mol. The minimum absolute atomic E-state index is 0.906. The molecule has 0 aliphatic rings. The molecule has 10 aromatic carbocycles. The number of fused-ring (bicyclic) bond motifs is 7. The lowest BCUT2D eigenvalue weighted by molar-refractivity contribution is 0.669. The predicted octanol–water partition coefficient (Wildman–Crippen LogP) is 16.3. The molecule has 286 valence electrons. The normalized spacial score (nSPS) is 11.6.